The van der Waals surface area contributed by atoms with E-state index in [1.807, 2.05) is 13.8 Å². The lowest BCUT2D eigenvalue weighted by Crippen LogP contribution is -2.27. The zero-order valence-electron chi connectivity index (χ0n) is 20.0. The van der Waals surface area contributed by atoms with E-state index in [-0.39, 0.29) is 23.2 Å². The van der Waals surface area contributed by atoms with Crippen LogP contribution in [0, 0.1) is 29.6 Å². The normalized spacial score (nSPS) is 14.4. The number of aliphatic hydroxyl groups is 2. The van der Waals surface area contributed by atoms with Crippen LogP contribution in [0.4, 0.5) is 0 Å². The molecule has 0 rings (SSSR count). The molecule has 0 amide bonds. The summed E-state index contributed by atoms with van der Waals surface area (Å²) >= 11 is 0. The van der Waals surface area contributed by atoms with Gasteiger partial charge in [0.05, 0.1) is 5.71 Å². The zero-order valence-corrected chi connectivity index (χ0v) is 20.0. The number of nitrogens with zero attached hydrogens (tertiary/aromatic N) is 1. The summed E-state index contributed by atoms with van der Waals surface area (Å²) in [6.45, 7) is 14.9. The second kappa shape index (κ2) is 14.5. The highest BCUT2D eigenvalue weighted by molar-refractivity contribution is 6.23. The zero-order chi connectivity index (χ0) is 22.6. The average Bonchev–Trinajstić information content (AvgIpc) is 2.60. The fourth-order valence-corrected chi connectivity index (χ4v) is 3.62. The molecule has 0 spiro atoms. The van der Waals surface area contributed by atoms with E-state index in [1.54, 1.807) is 0 Å². The van der Waals surface area contributed by atoms with Crippen LogP contribution in [0.15, 0.2) is 16.7 Å². The molecule has 0 aromatic rings. The van der Waals surface area contributed by atoms with Crippen LogP contribution in [0.1, 0.15) is 93.4 Å². The molecule has 5 nitrogen and oxygen atoms in total. The lowest BCUT2D eigenvalue weighted by Gasteiger charge is -2.24. The number of carbonyl (C=O) groups is 1. The molecule has 0 radical (unpaired) electrons. The minimum absolute atomic E-state index is 0.0759. The second-order valence-corrected chi connectivity index (χ2v) is 9.53. The standard InChI is InChI=1S/C24H45NO4/c1-9-19(12-10-16(2)3)15-20(13-11-17(4)5)23(26)22(24(27)28)21(25-29-8)14-18(6)7/h16-20,27-28H,9-15H2,1-8H3/b25-21-/t19-,20+/m0/s1. The number of oxime groups is 1. The fraction of sp³-hybridized carbons (Fsp3) is 0.833. The molecule has 0 heterocycles. The highest BCUT2D eigenvalue weighted by atomic mass is 16.6. The van der Waals surface area contributed by atoms with Gasteiger partial charge in [-0.25, -0.2) is 0 Å². The summed E-state index contributed by atoms with van der Waals surface area (Å²) in [5, 5.41) is 23.9. The van der Waals surface area contributed by atoms with Crippen LogP contribution in [0.5, 0.6) is 0 Å². The Hall–Kier alpha value is -1.52. The molecular weight excluding hydrogens is 366 g/mol. The van der Waals surface area contributed by atoms with Crippen molar-refractivity contribution in [1.29, 1.82) is 0 Å². The Kier molecular flexibility index (Phi) is 13.7. The highest BCUT2D eigenvalue weighted by Crippen LogP contribution is 2.30. The third-order valence-electron chi connectivity index (χ3n) is 5.37. The third kappa shape index (κ3) is 11.3. The average molecular weight is 412 g/mol. The molecule has 0 saturated carbocycles. The molecule has 0 aliphatic carbocycles. The SMILES string of the molecule is CC[C@@H](CCC(C)C)C[C@@H](CCC(C)C)C(=O)C(=C(O)O)/C(CC(C)C)=N\OC. The van der Waals surface area contributed by atoms with Crippen LogP contribution in [0.2, 0.25) is 0 Å². The molecule has 0 aromatic heterocycles. The number of rotatable bonds is 15. The molecule has 2 N–H and O–H groups in total. The van der Waals surface area contributed by atoms with Crippen molar-refractivity contribution in [3.8, 4) is 0 Å². The fourth-order valence-electron chi connectivity index (χ4n) is 3.62. The first-order valence-corrected chi connectivity index (χ1v) is 11.3. The van der Waals surface area contributed by atoms with Gasteiger partial charge in [0.15, 0.2) is 5.78 Å². The van der Waals surface area contributed by atoms with Gasteiger partial charge in [-0.3, -0.25) is 4.79 Å². The maximum Gasteiger partial charge on any atom is 0.287 e. The molecule has 29 heavy (non-hydrogen) atoms. The van der Waals surface area contributed by atoms with E-state index in [4.69, 9.17) is 4.84 Å². The van der Waals surface area contributed by atoms with E-state index >= 15 is 0 Å². The maximum atomic E-state index is 13.5. The molecular formula is C24H45NO4. The molecule has 0 saturated heterocycles. The summed E-state index contributed by atoms with van der Waals surface area (Å²) in [7, 11) is 1.41. The Balaban J connectivity index is 5.76. The van der Waals surface area contributed by atoms with E-state index in [0.29, 0.717) is 29.9 Å². The molecule has 0 aliphatic rings. The van der Waals surface area contributed by atoms with Gasteiger partial charge < -0.3 is 15.1 Å². The van der Waals surface area contributed by atoms with Crippen LogP contribution in [0.25, 0.3) is 0 Å². The molecule has 0 bridgehead atoms. The minimum Gasteiger partial charge on any atom is -0.481 e. The van der Waals surface area contributed by atoms with Crippen molar-refractivity contribution in [2.24, 2.45) is 34.7 Å². The van der Waals surface area contributed by atoms with Gasteiger partial charge in [-0.05, 0) is 42.9 Å². The number of ketones is 1. The van der Waals surface area contributed by atoms with Crippen molar-refractivity contribution in [2.75, 3.05) is 7.11 Å². The summed E-state index contributed by atoms with van der Waals surface area (Å²) in [5.41, 5.74) is 0.241. The quantitative estimate of drug-likeness (QED) is 0.134. The maximum absolute atomic E-state index is 13.5. The van der Waals surface area contributed by atoms with Crippen LogP contribution in [-0.2, 0) is 9.63 Å². The van der Waals surface area contributed by atoms with Crippen LogP contribution in [0.3, 0.4) is 0 Å². The molecule has 0 aromatic carbocycles. The predicted octanol–water partition coefficient (Wildman–Crippen LogP) is 6.84. The molecule has 5 heteroatoms. The minimum atomic E-state index is -0.948. The smallest absolute Gasteiger partial charge is 0.287 e. The second-order valence-electron chi connectivity index (χ2n) is 9.53. The topological polar surface area (TPSA) is 79.1 Å². The van der Waals surface area contributed by atoms with Crippen LogP contribution < -0.4 is 0 Å². The first-order valence-electron chi connectivity index (χ1n) is 11.3. The Morgan fingerprint density at radius 1 is 0.897 bits per heavy atom. The Morgan fingerprint density at radius 2 is 1.45 bits per heavy atom. The molecule has 0 aliphatic heterocycles. The van der Waals surface area contributed by atoms with E-state index in [0.717, 1.165) is 38.5 Å². The highest BCUT2D eigenvalue weighted by Gasteiger charge is 2.31. The van der Waals surface area contributed by atoms with Crippen molar-refractivity contribution in [3.05, 3.63) is 11.5 Å². The molecule has 170 valence electrons. The monoisotopic (exact) mass is 411 g/mol. The molecule has 0 fully saturated rings. The first kappa shape index (κ1) is 27.5. The van der Waals surface area contributed by atoms with Crippen molar-refractivity contribution in [3.63, 3.8) is 0 Å². The molecule has 0 unspecified atom stereocenters. The third-order valence-corrected chi connectivity index (χ3v) is 5.37. The van der Waals surface area contributed by atoms with Crippen molar-refractivity contribution < 1.29 is 19.8 Å². The predicted molar refractivity (Wildman–Crippen MR) is 121 cm³/mol. The number of allylic oxidation sites excluding steroid dienone is 1. The van der Waals surface area contributed by atoms with Gasteiger partial charge in [-0.1, -0.05) is 79.3 Å². The lowest BCUT2D eigenvalue weighted by atomic mass is 9.79. The summed E-state index contributed by atoms with van der Waals surface area (Å²) in [6.07, 6.45) is 6.14. The van der Waals surface area contributed by atoms with Gasteiger partial charge in [-0.2, -0.15) is 0 Å². The summed E-state index contributed by atoms with van der Waals surface area (Å²) in [5.74, 6) is 0.369. The number of hydrogen-bond acceptors (Lipinski definition) is 5. The van der Waals surface area contributed by atoms with Crippen molar-refractivity contribution in [2.45, 2.75) is 93.4 Å². The van der Waals surface area contributed by atoms with Gasteiger partial charge in [0.2, 0.25) is 0 Å². The summed E-state index contributed by atoms with van der Waals surface area (Å²) in [6, 6.07) is 0. The lowest BCUT2D eigenvalue weighted by molar-refractivity contribution is -0.120. The number of carbonyl (C=O) groups excluding carboxylic acids is 1. The Bertz CT molecular complexity index is 531. The Morgan fingerprint density at radius 3 is 1.86 bits per heavy atom. The summed E-state index contributed by atoms with van der Waals surface area (Å²) in [4.78, 5) is 18.4. The van der Waals surface area contributed by atoms with Crippen molar-refractivity contribution >= 4 is 11.5 Å². The van der Waals surface area contributed by atoms with Crippen molar-refractivity contribution in [1.82, 2.24) is 0 Å². The first-order chi connectivity index (χ1) is 13.5. The largest absolute Gasteiger partial charge is 0.481 e. The number of aliphatic hydroxyl groups excluding tert-OH is 1. The van der Waals surface area contributed by atoms with Gasteiger partial charge in [0, 0.05) is 5.92 Å². The molecule has 2 atom stereocenters. The Labute approximate surface area is 178 Å². The van der Waals surface area contributed by atoms with E-state index in [2.05, 4.69) is 39.8 Å². The van der Waals surface area contributed by atoms with Gasteiger partial charge in [0.1, 0.15) is 12.7 Å². The van der Waals surface area contributed by atoms with Gasteiger partial charge in [0.25, 0.3) is 5.95 Å². The number of Topliss-reactive ketones (excluding diaryl/α,β-unsaturated/α-hetero) is 1. The van der Waals surface area contributed by atoms with Crippen LogP contribution >= 0.6 is 0 Å². The van der Waals surface area contributed by atoms with E-state index in [1.165, 1.54) is 7.11 Å². The van der Waals surface area contributed by atoms with Crippen LogP contribution in [-0.4, -0.2) is 28.8 Å². The number of hydrogen-bond donors (Lipinski definition) is 2. The van der Waals surface area contributed by atoms with E-state index in [9.17, 15) is 15.0 Å². The summed E-state index contributed by atoms with van der Waals surface area (Å²) < 4.78 is 0. The van der Waals surface area contributed by atoms with E-state index < -0.39 is 5.95 Å². The van der Waals surface area contributed by atoms with Gasteiger partial charge in [-0.15, -0.1) is 0 Å². The van der Waals surface area contributed by atoms with Gasteiger partial charge >= 0.3 is 0 Å².